The molecule has 0 amide bonds. The molecule has 104 valence electrons. The maximum atomic E-state index is 11.4. The van der Waals surface area contributed by atoms with Crippen LogP contribution in [-0.2, 0) is 4.74 Å². The summed E-state index contributed by atoms with van der Waals surface area (Å²) >= 11 is 0. The van der Waals surface area contributed by atoms with Crippen molar-refractivity contribution in [3.63, 3.8) is 0 Å². The van der Waals surface area contributed by atoms with Crippen LogP contribution in [0.4, 0.5) is 17.1 Å². The van der Waals surface area contributed by atoms with Crippen molar-refractivity contribution >= 4 is 23.0 Å². The summed E-state index contributed by atoms with van der Waals surface area (Å²) < 4.78 is 9.80. The van der Waals surface area contributed by atoms with E-state index in [1.807, 2.05) is 24.3 Å². The molecular weight excluding hydrogens is 256 g/mol. The number of anilines is 3. The number of benzene rings is 2. The van der Waals surface area contributed by atoms with Crippen LogP contribution in [0.1, 0.15) is 10.4 Å². The number of ether oxygens (including phenoxy) is 2. The number of hydrogen-bond acceptors (Lipinski definition) is 5. The molecule has 3 N–H and O–H groups in total. The quantitative estimate of drug-likeness (QED) is 0.661. The Hall–Kier alpha value is -2.69. The van der Waals surface area contributed by atoms with Crippen LogP contribution in [0.3, 0.4) is 0 Å². The molecule has 0 saturated heterocycles. The van der Waals surface area contributed by atoms with E-state index in [0.29, 0.717) is 16.9 Å². The minimum atomic E-state index is -0.412. The summed E-state index contributed by atoms with van der Waals surface area (Å²) in [7, 11) is 2.94. The maximum absolute atomic E-state index is 11.4. The minimum Gasteiger partial charge on any atom is -0.497 e. The third-order valence-corrected chi connectivity index (χ3v) is 2.82. The van der Waals surface area contributed by atoms with Crippen molar-refractivity contribution in [2.45, 2.75) is 0 Å². The van der Waals surface area contributed by atoms with Gasteiger partial charge in [-0.3, -0.25) is 0 Å². The summed E-state index contributed by atoms with van der Waals surface area (Å²) in [6, 6.07) is 12.5. The van der Waals surface area contributed by atoms with Gasteiger partial charge in [0.1, 0.15) is 5.75 Å². The molecule has 0 heterocycles. The second-order valence-corrected chi connectivity index (χ2v) is 4.15. The predicted molar refractivity (Wildman–Crippen MR) is 78.5 cm³/mol. The van der Waals surface area contributed by atoms with Crippen molar-refractivity contribution in [1.29, 1.82) is 0 Å². The summed E-state index contributed by atoms with van der Waals surface area (Å²) in [4.78, 5) is 11.4. The lowest BCUT2D eigenvalue weighted by Gasteiger charge is -2.11. The summed E-state index contributed by atoms with van der Waals surface area (Å²) in [6.45, 7) is 0. The molecule has 0 spiro atoms. The molecule has 0 bridgehead atoms. The van der Waals surface area contributed by atoms with Crippen LogP contribution < -0.4 is 15.8 Å². The second-order valence-electron chi connectivity index (χ2n) is 4.15. The first-order valence-electron chi connectivity index (χ1n) is 6.03. The average molecular weight is 272 g/mol. The fraction of sp³-hybridized carbons (Fsp3) is 0.133. The van der Waals surface area contributed by atoms with Gasteiger partial charge in [0.05, 0.1) is 31.2 Å². The van der Waals surface area contributed by atoms with Gasteiger partial charge in [-0.1, -0.05) is 6.07 Å². The van der Waals surface area contributed by atoms with Gasteiger partial charge < -0.3 is 20.5 Å². The molecule has 0 aliphatic rings. The number of carbonyl (C=O) groups is 1. The standard InChI is InChI=1S/C15H16N2O3/c1-19-12-5-3-4-11(9-12)17-14-7-6-10(8-13(14)16)15(18)20-2/h3-9,17H,16H2,1-2H3. The Kier molecular flexibility index (Phi) is 4.10. The van der Waals surface area contributed by atoms with E-state index in [-0.39, 0.29) is 0 Å². The summed E-state index contributed by atoms with van der Waals surface area (Å²) in [5.74, 6) is 0.337. The summed E-state index contributed by atoms with van der Waals surface area (Å²) in [5, 5.41) is 3.17. The molecule has 5 nitrogen and oxygen atoms in total. The van der Waals surface area contributed by atoms with Gasteiger partial charge in [0, 0.05) is 11.8 Å². The van der Waals surface area contributed by atoms with Gasteiger partial charge in [0.2, 0.25) is 0 Å². The van der Waals surface area contributed by atoms with Crippen molar-refractivity contribution < 1.29 is 14.3 Å². The van der Waals surface area contributed by atoms with Gasteiger partial charge in [-0.2, -0.15) is 0 Å². The molecule has 0 atom stereocenters. The third kappa shape index (κ3) is 3.00. The van der Waals surface area contributed by atoms with E-state index in [4.69, 9.17) is 10.5 Å². The Labute approximate surface area is 117 Å². The monoisotopic (exact) mass is 272 g/mol. The molecule has 0 aliphatic heterocycles. The Morgan fingerprint density at radius 1 is 1.15 bits per heavy atom. The number of methoxy groups -OCH3 is 2. The Bertz CT molecular complexity index is 626. The topological polar surface area (TPSA) is 73.6 Å². The third-order valence-electron chi connectivity index (χ3n) is 2.82. The van der Waals surface area contributed by atoms with Gasteiger partial charge in [0.15, 0.2) is 0 Å². The van der Waals surface area contributed by atoms with Crippen molar-refractivity contribution in [1.82, 2.24) is 0 Å². The van der Waals surface area contributed by atoms with Gasteiger partial charge in [-0.05, 0) is 30.3 Å². The van der Waals surface area contributed by atoms with Gasteiger partial charge in [-0.15, -0.1) is 0 Å². The molecule has 2 aromatic rings. The average Bonchev–Trinajstić information content (AvgIpc) is 2.48. The lowest BCUT2D eigenvalue weighted by Crippen LogP contribution is -2.03. The number of esters is 1. The maximum Gasteiger partial charge on any atom is 0.337 e. The first-order chi connectivity index (χ1) is 9.63. The number of nitrogen functional groups attached to an aromatic ring is 1. The van der Waals surface area contributed by atoms with E-state index in [0.717, 1.165) is 11.4 Å². The smallest absolute Gasteiger partial charge is 0.337 e. The zero-order chi connectivity index (χ0) is 14.5. The molecule has 2 aromatic carbocycles. The molecule has 0 saturated carbocycles. The molecule has 0 aliphatic carbocycles. The highest BCUT2D eigenvalue weighted by atomic mass is 16.5. The highest BCUT2D eigenvalue weighted by molar-refractivity contribution is 5.92. The van der Waals surface area contributed by atoms with Crippen LogP contribution in [0.25, 0.3) is 0 Å². The van der Waals surface area contributed by atoms with Crippen molar-refractivity contribution in [2.75, 3.05) is 25.3 Å². The molecule has 5 heteroatoms. The SMILES string of the molecule is COC(=O)c1ccc(Nc2cccc(OC)c2)c(N)c1. The van der Waals surface area contributed by atoms with E-state index in [1.54, 1.807) is 25.3 Å². The number of hydrogen-bond donors (Lipinski definition) is 2. The molecule has 0 unspecified atom stereocenters. The number of nitrogens with one attached hydrogen (secondary N) is 1. The van der Waals surface area contributed by atoms with Gasteiger partial charge in [0.25, 0.3) is 0 Å². The summed E-state index contributed by atoms with van der Waals surface area (Å²) in [6.07, 6.45) is 0. The first kappa shape index (κ1) is 13.7. The van der Waals surface area contributed by atoms with Crippen LogP contribution in [0.5, 0.6) is 5.75 Å². The van der Waals surface area contributed by atoms with Crippen LogP contribution in [-0.4, -0.2) is 20.2 Å². The number of rotatable bonds is 4. The molecule has 2 rings (SSSR count). The van der Waals surface area contributed by atoms with Crippen LogP contribution in [0.2, 0.25) is 0 Å². The Morgan fingerprint density at radius 2 is 1.95 bits per heavy atom. The van der Waals surface area contributed by atoms with Crippen molar-refractivity contribution in [3.05, 3.63) is 48.0 Å². The van der Waals surface area contributed by atoms with Crippen LogP contribution in [0, 0.1) is 0 Å². The molecule has 20 heavy (non-hydrogen) atoms. The number of carbonyl (C=O) groups excluding carboxylic acids is 1. The lowest BCUT2D eigenvalue weighted by atomic mass is 10.1. The van der Waals surface area contributed by atoms with E-state index in [2.05, 4.69) is 10.1 Å². The van der Waals surface area contributed by atoms with E-state index in [9.17, 15) is 4.79 Å². The zero-order valence-electron chi connectivity index (χ0n) is 11.3. The van der Waals surface area contributed by atoms with Gasteiger partial charge >= 0.3 is 5.97 Å². The van der Waals surface area contributed by atoms with E-state index in [1.165, 1.54) is 7.11 Å². The number of nitrogens with two attached hydrogens (primary N) is 1. The van der Waals surface area contributed by atoms with E-state index < -0.39 is 5.97 Å². The summed E-state index contributed by atoms with van der Waals surface area (Å²) in [5.41, 5.74) is 8.38. The minimum absolute atomic E-state index is 0.412. The fourth-order valence-corrected chi connectivity index (χ4v) is 1.78. The molecule has 0 radical (unpaired) electrons. The highest BCUT2D eigenvalue weighted by Gasteiger charge is 2.08. The molecular formula is C15H16N2O3. The van der Waals surface area contributed by atoms with Crippen LogP contribution >= 0.6 is 0 Å². The van der Waals surface area contributed by atoms with Gasteiger partial charge in [-0.25, -0.2) is 4.79 Å². The normalized spacial score (nSPS) is 9.90. The lowest BCUT2D eigenvalue weighted by molar-refractivity contribution is 0.0601. The fourth-order valence-electron chi connectivity index (χ4n) is 1.78. The van der Waals surface area contributed by atoms with Crippen LogP contribution in [0.15, 0.2) is 42.5 Å². The van der Waals surface area contributed by atoms with Crippen molar-refractivity contribution in [2.24, 2.45) is 0 Å². The van der Waals surface area contributed by atoms with Crippen molar-refractivity contribution in [3.8, 4) is 5.75 Å². The predicted octanol–water partition coefficient (Wildman–Crippen LogP) is 2.81. The van der Waals surface area contributed by atoms with E-state index >= 15 is 0 Å². The highest BCUT2D eigenvalue weighted by Crippen LogP contribution is 2.26. The Morgan fingerprint density at radius 3 is 2.60 bits per heavy atom. The zero-order valence-corrected chi connectivity index (χ0v) is 11.3. The largest absolute Gasteiger partial charge is 0.497 e. The Balaban J connectivity index is 2.23. The molecule has 0 aromatic heterocycles. The second kappa shape index (κ2) is 5.97. The first-order valence-corrected chi connectivity index (χ1v) is 6.03. The molecule has 0 fully saturated rings.